The number of hydrogen-bond acceptors (Lipinski definition) is 3. The molecule has 0 heterocycles. The Labute approximate surface area is 190 Å². The Balaban J connectivity index is 2.36. The van der Waals surface area contributed by atoms with Gasteiger partial charge in [0.15, 0.2) is 0 Å². The van der Waals surface area contributed by atoms with Crippen LogP contribution in [0, 0.1) is 11.7 Å². The summed E-state index contributed by atoms with van der Waals surface area (Å²) >= 11 is 0. The number of nitrogens with zero attached hydrogens (tertiary/aromatic N) is 2. The lowest BCUT2D eigenvalue weighted by atomic mass is 10.0. The molecule has 0 spiro atoms. The third kappa shape index (κ3) is 6.70. The molecule has 0 saturated carbocycles. The summed E-state index contributed by atoms with van der Waals surface area (Å²) in [5.74, 6) is -0.583. The van der Waals surface area contributed by atoms with Crippen LogP contribution in [0.15, 0.2) is 42.5 Å². The standard InChI is InChI=1S/C25H35FN4O2/c1-16(2)18(5)30(25(32)27-17(3)4)15-20-14-22(11-12-23(20)29(6)7)28-24(31)19-9-8-10-21(26)13-19/h8-14,16-18H,15H2,1-7H3,(H,27,32)(H,28,31). The molecule has 1 atom stereocenters. The van der Waals surface area contributed by atoms with Crippen molar-refractivity contribution in [3.05, 3.63) is 59.4 Å². The smallest absolute Gasteiger partial charge is 0.318 e. The van der Waals surface area contributed by atoms with Crippen LogP contribution < -0.4 is 15.5 Å². The minimum atomic E-state index is -0.462. The van der Waals surface area contributed by atoms with Gasteiger partial charge in [-0.05, 0) is 68.7 Å². The molecule has 0 aliphatic rings. The number of amides is 3. The predicted octanol–water partition coefficient (Wildman–Crippen LogP) is 5.11. The summed E-state index contributed by atoms with van der Waals surface area (Å²) in [6, 6.07) is 11.1. The summed E-state index contributed by atoms with van der Waals surface area (Å²) in [5.41, 5.74) is 2.68. The number of halogens is 1. The van der Waals surface area contributed by atoms with Gasteiger partial charge in [-0.3, -0.25) is 4.79 Å². The van der Waals surface area contributed by atoms with Crippen LogP contribution in [-0.4, -0.2) is 43.0 Å². The van der Waals surface area contributed by atoms with Crippen LogP contribution in [0.25, 0.3) is 0 Å². The first-order valence-electron chi connectivity index (χ1n) is 10.9. The van der Waals surface area contributed by atoms with Gasteiger partial charge in [-0.15, -0.1) is 0 Å². The van der Waals surface area contributed by atoms with Crippen molar-refractivity contribution in [3.63, 3.8) is 0 Å². The SMILES string of the molecule is CC(C)NC(=O)N(Cc1cc(NC(=O)c2cccc(F)c2)ccc1N(C)C)C(C)C(C)C. The van der Waals surface area contributed by atoms with E-state index in [9.17, 15) is 14.0 Å². The fourth-order valence-corrected chi connectivity index (χ4v) is 3.33. The molecule has 0 radical (unpaired) electrons. The molecule has 174 valence electrons. The molecule has 0 aromatic heterocycles. The Kier molecular flexibility index (Phi) is 8.63. The first-order chi connectivity index (χ1) is 15.0. The van der Waals surface area contributed by atoms with Crippen molar-refractivity contribution >= 4 is 23.3 Å². The second kappa shape index (κ2) is 11.0. The van der Waals surface area contributed by atoms with Crippen molar-refractivity contribution in [3.8, 4) is 0 Å². The topological polar surface area (TPSA) is 64.7 Å². The van der Waals surface area contributed by atoms with Gasteiger partial charge in [0.1, 0.15) is 5.82 Å². The zero-order valence-electron chi connectivity index (χ0n) is 20.1. The van der Waals surface area contributed by atoms with Crippen molar-refractivity contribution in [2.75, 3.05) is 24.3 Å². The maximum atomic E-state index is 13.5. The normalized spacial score (nSPS) is 11.9. The Morgan fingerprint density at radius 1 is 1.00 bits per heavy atom. The van der Waals surface area contributed by atoms with Crippen molar-refractivity contribution in [2.45, 2.75) is 53.2 Å². The van der Waals surface area contributed by atoms with Gasteiger partial charge in [0, 0.05) is 49.7 Å². The monoisotopic (exact) mass is 442 g/mol. The second-order valence-corrected chi connectivity index (χ2v) is 8.92. The number of anilines is 2. The van der Waals surface area contributed by atoms with Crippen LogP contribution in [-0.2, 0) is 6.54 Å². The van der Waals surface area contributed by atoms with Crippen LogP contribution in [0.5, 0.6) is 0 Å². The highest BCUT2D eigenvalue weighted by Gasteiger charge is 2.25. The minimum Gasteiger partial charge on any atom is -0.377 e. The van der Waals surface area contributed by atoms with E-state index in [1.807, 2.05) is 56.8 Å². The highest BCUT2D eigenvalue weighted by Crippen LogP contribution is 2.26. The van der Waals surface area contributed by atoms with Gasteiger partial charge in [-0.25, -0.2) is 9.18 Å². The molecule has 0 aliphatic carbocycles. The molecule has 2 aromatic carbocycles. The molecule has 3 amide bonds. The number of urea groups is 1. The largest absolute Gasteiger partial charge is 0.377 e. The van der Waals surface area contributed by atoms with Crippen LogP contribution in [0.2, 0.25) is 0 Å². The molecule has 0 saturated heterocycles. The van der Waals surface area contributed by atoms with Gasteiger partial charge >= 0.3 is 6.03 Å². The third-order valence-electron chi connectivity index (χ3n) is 5.38. The summed E-state index contributed by atoms with van der Waals surface area (Å²) < 4.78 is 13.5. The highest BCUT2D eigenvalue weighted by atomic mass is 19.1. The predicted molar refractivity (Wildman–Crippen MR) is 129 cm³/mol. The number of rotatable bonds is 8. The van der Waals surface area contributed by atoms with Gasteiger partial charge in [-0.1, -0.05) is 19.9 Å². The average Bonchev–Trinajstić information content (AvgIpc) is 2.70. The molecule has 1 unspecified atom stereocenters. The number of carbonyl (C=O) groups is 2. The van der Waals surface area contributed by atoms with E-state index >= 15 is 0 Å². The Bertz CT molecular complexity index is 943. The lowest BCUT2D eigenvalue weighted by Gasteiger charge is -2.34. The van der Waals surface area contributed by atoms with E-state index in [1.165, 1.54) is 18.2 Å². The van der Waals surface area contributed by atoms with Crippen molar-refractivity contribution < 1.29 is 14.0 Å². The van der Waals surface area contributed by atoms with E-state index in [0.29, 0.717) is 12.2 Å². The lowest BCUT2D eigenvalue weighted by Crippen LogP contribution is -2.48. The Morgan fingerprint density at radius 2 is 1.69 bits per heavy atom. The number of benzene rings is 2. The second-order valence-electron chi connectivity index (χ2n) is 8.92. The Hall–Kier alpha value is -3.09. The van der Waals surface area contributed by atoms with E-state index in [2.05, 4.69) is 24.5 Å². The summed E-state index contributed by atoms with van der Waals surface area (Å²) in [6.07, 6.45) is 0. The van der Waals surface area contributed by atoms with E-state index in [-0.39, 0.29) is 29.6 Å². The quantitative estimate of drug-likeness (QED) is 0.597. The molecule has 7 heteroatoms. The molecular weight excluding hydrogens is 407 g/mol. The van der Waals surface area contributed by atoms with Crippen molar-refractivity contribution in [2.24, 2.45) is 5.92 Å². The third-order valence-corrected chi connectivity index (χ3v) is 5.38. The fraction of sp³-hybridized carbons (Fsp3) is 0.440. The molecule has 2 rings (SSSR count). The molecule has 2 N–H and O–H groups in total. The molecule has 0 aliphatic heterocycles. The van der Waals surface area contributed by atoms with E-state index in [0.717, 1.165) is 11.3 Å². The van der Waals surface area contributed by atoms with Gasteiger partial charge in [0.25, 0.3) is 5.91 Å². The van der Waals surface area contributed by atoms with Gasteiger partial charge in [-0.2, -0.15) is 0 Å². The van der Waals surface area contributed by atoms with Gasteiger partial charge in [0.2, 0.25) is 0 Å². The van der Waals surface area contributed by atoms with Crippen molar-refractivity contribution in [1.29, 1.82) is 0 Å². The summed E-state index contributed by atoms with van der Waals surface area (Å²) in [7, 11) is 3.88. The molecule has 32 heavy (non-hydrogen) atoms. The maximum Gasteiger partial charge on any atom is 0.318 e. The van der Waals surface area contributed by atoms with Crippen molar-refractivity contribution in [1.82, 2.24) is 10.2 Å². The summed E-state index contributed by atoms with van der Waals surface area (Å²) in [4.78, 5) is 29.3. The molecule has 0 bridgehead atoms. The van der Waals surface area contributed by atoms with Gasteiger partial charge in [0.05, 0.1) is 0 Å². The van der Waals surface area contributed by atoms with Gasteiger partial charge < -0.3 is 20.4 Å². The van der Waals surface area contributed by atoms with Crippen LogP contribution >= 0.6 is 0 Å². The lowest BCUT2D eigenvalue weighted by molar-refractivity contribution is 0.102. The first-order valence-corrected chi connectivity index (χ1v) is 10.9. The van der Waals surface area contributed by atoms with E-state index in [4.69, 9.17) is 0 Å². The molecule has 6 nitrogen and oxygen atoms in total. The van der Waals surface area contributed by atoms with E-state index in [1.54, 1.807) is 12.1 Å². The van der Waals surface area contributed by atoms with Crippen LogP contribution in [0.1, 0.15) is 50.5 Å². The minimum absolute atomic E-state index is 0.00861. The molecule has 2 aromatic rings. The van der Waals surface area contributed by atoms with Crippen LogP contribution in [0.4, 0.5) is 20.6 Å². The zero-order valence-corrected chi connectivity index (χ0v) is 20.1. The maximum absolute atomic E-state index is 13.5. The number of hydrogen-bond donors (Lipinski definition) is 2. The van der Waals surface area contributed by atoms with E-state index < -0.39 is 11.7 Å². The number of carbonyl (C=O) groups excluding carboxylic acids is 2. The fourth-order valence-electron chi connectivity index (χ4n) is 3.33. The first kappa shape index (κ1) is 25.2. The summed E-state index contributed by atoms with van der Waals surface area (Å²) in [6.45, 7) is 10.5. The molecule has 0 fully saturated rings. The summed E-state index contributed by atoms with van der Waals surface area (Å²) in [5, 5.41) is 5.82. The van der Waals surface area contributed by atoms with Crippen LogP contribution in [0.3, 0.4) is 0 Å². The zero-order chi connectivity index (χ0) is 24.0. The highest BCUT2D eigenvalue weighted by molar-refractivity contribution is 6.04. The number of nitrogens with one attached hydrogen (secondary N) is 2. The molecular formula is C25H35FN4O2. The Morgan fingerprint density at radius 3 is 2.25 bits per heavy atom. The average molecular weight is 443 g/mol.